The van der Waals surface area contributed by atoms with E-state index in [4.69, 9.17) is 22.2 Å². The maximum absolute atomic E-state index is 6.22. The Morgan fingerprint density at radius 1 is 1.35 bits per heavy atom. The van der Waals surface area contributed by atoms with E-state index in [1.54, 1.807) is 23.0 Å². The summed E-state index contributed by atoms with van der Waals surface area (Å²) in [6, 6.07) is 3.26. The Morgan fingerprint density at radius 3 is 2.60 bits per heavy atom. The van der Waals surface area contributed by atoms with Gasteiger partial charge in [-0.2, -0.15) is 5.10 Å². The van der Waals surface area contributed by atoms with Gasteiger partial charge in [-0.25, -0.2) is 5.43 Å². The number of ether oxygens (including phenoxy) is 1. The highest BCUT2D eigenvalue weighted by Gasteiger charge is 2.24. The fourth-order valence-electron chi connectivity index (χ4n) is 1.93. The summed E-state index contributed by atoms with van der Waals surface area (Å²) in [5, 5.41) is 12.8. The van der Waals surface area contributed by atoms with Crippen molar-refractivity contribution in [2.24, 2.45) is 5.84 Å². The normalized spacial score (nSPS) is 12.7. The maximum atomic E-state index is 6.22. The minimum Gasteiger partial charge on any atom is -0.480 e. The van der Waals surface area contributed by atoms with Gasteiger partial charge in [0.05, 0.1) is 29.7 Å². The van der Waals surface area contributed by atoms with Gasteiger partial charge in [-0.3, -0.25) is 10.5 Å². The molecule has 0 aromatic carbocycles. The molecule has 0 fully saturated rings. The highest BCUT2D eigenvalue weighted by atomic mass is 35.5. The van der Waals surface area contributed by atoms with Crippen LogP contribution in [0.2, 0.25) is 5.02 Å². The topological polar surface area (TPSA) is 90.9 Å². The highest BCUT2D eigenvalue weighted by Crippen LogP contribution is 2.28. The van der Waals surface area contributed by atoms with Crippen LogP contribution < -0.4 is 16.0 Å². The van der Waals surface area contributed by atoms with Gasteiger partial charge in [-0.15, -0.1) is 10.2 Å². The standard InChI is InChI=1S/C12H17ClN6O/c1-7(2)19-12(8(13)6-15-19)11(16-14)9-4-5-10(20-3)18-17-9/h4-7,11,16H,14H2,1-3H3. The van der Waals surface area contributed by atoms with Crippen LogP contribution in [-0.2, 0) is 0 Å². The molecule has 0 aliphatic carbocycles. The molecular formula is C12H17ClN6O. The lowest BCUT2D eigenvalue weighted by atomic mass is 10.1. The monoisotopic (exact) mass is 296 g/mol. The van der Waals surface area contributed by atoms with Crippen molar-refractivity contribution in [2.45, 2.75) is 25.9 Å². The van der Waals surface area contributed by atoms with Crippen molar-refractivity contribution in [3.8, 4) is 5.88 Å². The largest absolute Gasteiger partial charge is 0.480 e. The van der Waals surface area contributed by atoms with Gasteiger partial charge in [-0.05, 0) is 19.9 Å². The second kappa shape index (κ2) is 6.17. The van der Waals surface area contributed by atoms with Gasteiger partial charge in [0, 0.05) is 12.1 Å². The van der Waals surface area contributed by atoms with Gasteiger partial charge < -0.3 is 4.74 Å². The van der Waals surface area contributed by atoms with Crippen molar-refractivity contribution in [2.75, 3.05) is 7.11 Å². The molecular weight excluding hydrogens is 280 g/mol. The highest BCUT2D eigenvalue weighted by molar-refractivity contribution is 6.31. The number of halogens is 1. The number of hydrogen-bond acceptors (Lipinski definition) is 6. The van der Waals surface area contributed by atoms with E-state index in [1.165, 1.54) is 7.11 Å². The van der Waals surface area contributed by atoms with Crippen molar-refractivity contribution in [3.63, 3.8) is 0 Å². The van der Waals surface area contributed by atoms with Crippen LogP contribution in [0.4, 0.5) is 0 Å². The first-order chi connectivity index (χ1) is 9.58. The lowest BCUT2D eigenvalue weighted by Crippen LogP contribution is -2.32. The van der Waals surface area contributed by atoms with E-state index >= 15 is 0 Å². The van der Waals surface area contributed by atoms with E-state index < -0.39 is 6.04 Å². The molecule has 0 spiro atoms. The van der Waals surface area contributed by atoms with Crippen molar-refractivity contribution >= 4 is 11.6 Å². The van der Waals surface area contributed by atoms with Crippen LogP contribution in [-0.4, -0.2) is 27.1 Å². The van der Waals surface area contributed by atoms with E-state index in [-0.39, 0.29) is 6.04 Å². The van der Waals surface area contributed by atoms with E-state index in [0.29, 0.717) is 16.6 Å². The summed E-state index contributed by atoms with van der Waals surface area (Å²) < 4.78 is 6.79. The number of aromatic nitrogens is 4. The molecule has 0 radical (unpaired) electrons. The summed E-state index contributed by atoms with van der Waals surface area (Å²) in [5.74, 6) is 6.09. The average molecular weight is 297 g/mol. The molecule has 0 saturated heterocycles. The minimum atomic E-state index is -0.397. The number of methoxy groups -OCH3 is 1. The zero-order chi connectivity index (χ0) is 14.7. The van der Waals surface area contributed by atoms with E-state index in [2.05, 4.69) is 20.7 Å². The summed E-state index contributed by atoms with van der Waals surface area (Å²) in [5.41, 5.74) is 4.10. The molecule has 0 aliphatic heterocycles. The SMILES string of the molecule is COc1ccc(C(NN)c2c(Cl)cnn2C(C)C)nn1. The third-order valence-electron chi connectivity index (χ3n) is 2.88. The number of nitrogens with two attached hydrogens (primary N) is 1. The summed E-state index contributed by atoms with van der Waals surface area (Å²) in [4.78, 5) is 0. The number of nitrogens with zero attached hydrogens (tertiary/aromatic N) is 4. The van der Waals surface area contributed by atoms with Crippen molar-refractivity contribution in [1.82, 2.24) is 25.4 Å². The van der Waals surface area contributed by atoms with Crippen LogP contribution in [0.15, 0.2) is 18.3 Å². The van der Waals surface area contributed by atoms with Gasteiger partial charge >= 0.3 is 0 Å². The second-order valence-electron chi connectivity index (χ2n) is 4.52. The molecule has 2 heterocycles. The van der Waals surface area contributed by atoms with Crippen molar-refractivity contribution in [3.05, 3.63) is 34.7 Å². The van der Waals surface area contributed by atoms with Gasteiger partial charge in [0.15, 0.2) is 0 Å². The predicted octanol–water partition coefficient (Wildman–Crippen LogP) is 1.47. The Hall–Kier alpha value is -1.70. The summed E-state index contributed by atoms with van der Waals surface area (Å²) in [6.07, 6.45) is 1.60. The molecule has 1 atom stereocenters. The first-order valence-corrected chi connectivity index (χ1v) is 6.53. The Bertz CT molecular complexity index is 568. The maximum Gasteiger partial charge on any atom is 0.233 e. The van der Waals surface area contributed by atoms with Crippen molar-refractivity contribution < 1.29 is 4.74 Å². The van der Waals surface area contributed by atoms with Crippen LogP contribution in [0, 0.1) is 0 Å². The molecule has 2 aromatic rings. The fourth-order valence-corrected chi connectivity index (χ4v) is 2.17. The second-order valence-corrected chi connectivity index (χ2v) is 4.92. The van der Waals surface area contributed by atoms with E-state index in [1.807, 2.05) is 13.8 Å². The van der Waals surface area contributed by atoms with Crippen LogP contribution in [0.1, 0.15) is 37.3 Å². The number of nitrogens with one attached hydrogen (secondary N) is 1. The number of hydrogen-bond donors (Lipinski definition) is 2. The molecule has 7 nitrogen and oxygen atoms in total. The zero-order valence-corrected chi connectivity index (χ0v) is 12.3. The molecule has 8 heteroatoms. The summed E-state index contributed by atoms with van der Waals surface area (Å²) in [7, 11) is 1.53. The zero-order valence-electron chi connectivity index (χ0n) is 11.5. The van der Waals surface area contributed by atoms with Gasteiger partial charge in [0.2, 0.25) is 5.88 Å². The number of hydrazine groups is 1. The smallest absolute Gasteiger partial charge is 0.233 e. The van der Waals surface area contributed by atoms with Crippen LogP contribution >= 0.6 is 11.6 Å². The molecule has 20 heavy (non-hydrogen) atoms. The molecule has 0 saturated carbocycles. The van der Waals surface area contributed by atoms with Crippen LogP contribution in [0.5, 0.6) is 5.88 Å². The van der Waals surface area contributed by atoms with Crippen molar-refractivity contribution in [1.29, 1.82) is 0 Å². The number of rotatable bonds is 5. The van der Waals surface area contributed by atoms with Gasteiger partial charge in [0.25, 0.3) is 0 Å². The quantitative estimate of drug-likeness (QED) is 0.641. The molecule has 108 valence electrons. The van der Waals surface area contributed by atoms with E-state index in [9.17, 15) is 0 Å². The molecule has 0 amide bonds. The van der Waals surface area contributed by atoms with Crippen LogP contribution in [0.25, 0.3) is 0 Å². The van der Waals surface area contributed by atoms with Crippen LogP contribution in [0.3, 0.4) is 0 Å². The summed E-state index contributed by atoms with van der Waals surface area (Å²) >= 11 is 6.22. The Kier molecular flexibility index (Phi) is 4.53. The Morgan fingerprint density at radius 2 is 2.10 bits per heavy atom. The first-order valence-electron chi connectivity index (χ1n) is 6.15. The van der Waals surface area contributed by atoms with Gasteiger partial charge in [0.1, 0.15) is 6.04 Å². The minimum absolute atomic E-state index is 0.152. The van der Waals surface area contributed by atoms with Gasteiger partial charge in [-0.1, -0.05) is 11.6 Å². The molecule has 3 N–H and O–H groups in total. The Balaban J connectivity index is 2.43. The lowest BCUT2D eigenvalue weighted by Gasteiger charge is -2.19. The van der Waals surface area contributed by atoms with E-state index in [0.717, 1.165) is 5.69 Å². The molecule has 2 aromatic heterocycles. The fraction of sp³-hybridized carbons (Fsp3) is 0.417. The third-order valence-corrected chi connectivity index (χ3v) is 3.17. The predicted molar refractivity (Wildman–Crippen MR) is 75.4 cm³/mol. The molecule has 0 bridgehead atoms. The molecule has 2 rings (SSSR count). The Labute approximate surface area is 122 Å². The lowest BCUT2D eigenvalue weighted by molar-refractivity contribution is 0.389. The first kappa shape index (κ1) is 14.7. The summed E-state index contributed by atoms with van der Waals surface area (Å²) in [6.45, 7) is 4.03. The average Bonchev–Trinajstić information content (AvgIpc) is 2.83. The molecule has 0 aliphatic rings. The molecule has 1 unspecified atom stereocenters. The third kappa shape index (κ3) is 2.74.